The van der Waals surface area contributed by atoms with Crippen molar-refractivity contribution in [1.29, 1.82) is 0 Å². The second-order valence-electron chi connectivity index (χ2n) is 7.23. The minimum Gasteiger partial charge on any atom is -0.383 e. The van der Waals surface area contributed by atoms with Crippen molar-refractivity contribution in [2.45, 2.75) is 32.4 Å². The number of nitrogens with one attached hydrogen (secondary N) is 1. The summed E-state index contributed by atoms with van der Waals surface area (Å²) in [6.07, 6.45) is 0.942. The van der Waals surface area contributed by atoms with Gasteiger partial charge in [0, 0.05) is 26.6 Å². The highest BCUT2D eigenvalue weighted by Crippen LogP contribution is 2.38. The molecule has 0 bridgehead atoms. The largest absolute Gasteiger partial charge is 0.383 e. The van der Waals surface area contributed by atoms with Crippen LogP contribution in [0.1, 0.15) is 35.6 Å². The molecule has 2 aromatic rings. The lowest BCUT2D eigenvalue weighted by molar-refractivity contribution is -0.144. The van der Waals surface area contributed by atoms with Gasteiger partial charge in [0.05, 0.1) is 18.6 Å². The molecule has 0 radical (unpaired) electrons. The van der Waals surface area contributed by atoms with Gasteiger partial charge in [-0.05, 0) is 30.0 Å². The van der Waals surface area contributed by atoms with Crippen LogP contribution in [0.4, 0.5) is 0 Å². The first-order valence-corrected chi connectivity index (χ1v) is 9.77. The number of benzene rings is 2. The molecule has 3 rings (SSSR count). The van der Waals surface area contributed by atoms with Crippen molar-refractivity contribution < 1.29 is 14.3 Å². The molecule has 1 heterocycles. The molecule has 1 aliphatic rings. The van der Waals surface area contributed by atoms with E-state index < -0.39 is 0 Å². The van der Waals surface area contributed by atoms with E-state index in [0.717, 1.165) is 16.7 Å². The van der Waals surface area contributed by atoms with Gasteiger partial charge in [-0.25, -0.2) is 0 Å². The van der Waals surface area contributed by atoms with Crippen LogP contribution in [-0.2, 0) is 20.9 Å². The molecule has 2 atom stereocenters. The van der Waals surface area contributed by atoms with Crippen LogP contribution in [0.5, 0.6) is 0 Å². The number of hydrogen-bond donors (Lipinski definition) is 1. The van der Waals surface area contributed by atoms with Gasteiger partial charge in [-0.3, -0.25) is 9.59 Å². The van der Waals surface area contributed by atoms with Crippen molar-refractivity contribution in [3.63, 3.8) is 0 Å². The Balaban J connectivity index is 1.85. The lowest BCUT2D eigenvalue weighted by Crippen LogP contribution is -2.49. The molecule has 0 unspecified atom stereocenters. The predicted octanol–water partition coefficient (Wildman–Crippen LogP) is 3.24. The second-order valence-corrected chi connectivity index (χ2v) is 7.23. The van der Waals surface area contributed by atoms with Crippen molar-refractivity contribution in [3.8, 4) is 0 Å². The summed E-state index contributed by atoms with van der Waals surface area (Å²) in [5, 5.41) is 3.07. The van der Waals surface area contributed by atoms with E-state index in [4.69, 9.17) is 4.74 Å². The third-order valence-electron chi connectivity index (χ3n) is 5.40. The van der Waals surface area contributed by atoms with Crippen LogP contribution in [0.15, 0.2) is 54.6 Å². The number of methoxy groups -OCH3 is 1. The van der Waals surface area contributed by atoms with Crippen LogP contribution in [0.3, 0.4) is 0 Å². The van der Waals surface area contributed by atoms with E-state index in [2.05, 4.69) is 5.32 Å². The quantitative estimate of drug-likeness (QED) is 0.802. The van der Waals surface area contributed by atoms with E-state index in [1.165, 1.54) is 0 Å². The zero-order chi connectivity index (χ0) is 19.9. The van der Waals surface area contributed by atoms with Crippen LogP contribution >= 0.6 is 0 Å². The average Bonchev–Trinajstić information content (AvgIpc) is 2.72. The van der Waals surface area contributed by atoms with Crippen molar-refractivity contribution >= 4 is 11.8 Å². The maximum atomic E-state index is 13.1. The SMILES string of the molecule is COCCN1C(=O)CC[C@@H](C(=O)NCc2ccccc2)[C@@H]1c1ccccc1C. The zero-order valence-corrected chi connectivity index (χ0v) is 16.6. The van der Waals surface area contributed by atoms with Gasteiger partial charge in [0.2, 0.25) is 11.8 Å². The molecule has 148 valence electrons. The van der Waals surface area contributed by atoms with Gasteiger partial charge in [-0.2, -0.15) is 0 Å². The van der Waals surface area contributed by atoms with Crippen LogP contribution in [0, 0.1) is 12.8 Å². The van der Waals surface area contributed by atoms with Crippen LogP contribution in [0.2, 0.25) is 0 Å². The highest BCUT2D eigenvalue weighted by Gasteiger charge is 2.40. The molecule has 2 aromatic carbocycles. The number of piperidine rings is 1. The van der Waals surface area contributed by atoms with Crippen LogP contribution < -0.4 is 5.32 Å². The first-order valence-electron chi connectivity index (χ1n) is 9.77. The molecule has 0 aliphatic carbocycles. The average molecular weight is 380 g/mol. The molecular weight excluding hydrogens is 352 g/mol. The first-order chi connectivity index (χ1) is 13.6. The zero-order valence-electron chi connectivity index (χ0n) is 16.6. The fourth-order valence-electron chi connectivity index (χ4n) is 3.90. The van der Waals surface area contributed by atoms with Crippen molar-refractivity contribution in [3.05, 3.63) is 71.3 Å². The fraction of sp³-hybridized carbons (Fsp3) is 0.391. The minimum absolute atomic E-state index is 0.00739. The van der Waals surface area contributed by atoms with Gasteiger partial charge in [0.15, 0.2) is 0 Å². The lowest BCUT2D eigenvalue weighted by Gasteiger charge is -2.41. The Morgan fingerprint density at radius 1 is 1.14 bits per heavy atom. The summed E-state index contributed by atoms with van der Waals surface area (Å²) in [6.45, 7) is 3.45. The van der Waals surface area contributed by atoms with Crippen LogP contribution in [0.25, 0.3) is 0 Å². The third-order valence-corrected chi connectivity index (χ3v) is 5.40. The Morgan fingerprint density at radius 2 is 1.86 bits per heavy atom. The number of carbonyl (C=O) groups excluding carboxylic acids is 2. The summed E-state index contributed by atoms with van der Waals surface area (Å²) in [5.74, 6) is -0.205. The number of rotatable bonds is 7. The fourth-order valence-corrected chi connectivity index (χ4v) is 3.90. The van der Waals surface area contributed by atoms with Gasteiger partial charge in [0.25, 0.3) is 0 Å². The highest BCUT2D eigenvalue weighted by atomic mass is 16.5. The molecule has 1 fully saturated rings. The number of likely N-dealkylation sites (tertiary alicyclic amines) is 1. The molecule has 5 nitrogen and oxygen atoms in total. The normalized spacial score (nSPS) is 19.5. The van der Waals surface area contributed by atoms with E-state index in [1.54, 1.807) is 7.11 Å². The Kier molecular flexibility index (Phi) is 6.82. The van der Waals surface area contributed by atoms with Crippen molar-refractivity contribution in [2.75, 3.05) is 20.3 Å². The summed E-state index contributed by atoms with van der Waals surface area (Å²) in [7, 11) is 1.63. The molecule has 28 heavy (non-hydrogen) atoms. The number of nitrogens with zero attached hydrogens (tertiary/aromatic N) is 1. The summed E-state index contributed by atoms with van der Waals surface area (Å²) in [5.41, 5.74) is 3.18. The molecule has 0 spiro atoms. The van der Waals surface area contributed by atoms with E-state index >= 15 is 0 Å². The highest BCUT2D eigenvalue weighted by molar-refractivity contribution is 5.85. The molecule has 1 saturated heterocycles. The van der Waals surface area contributed by atoms with E-state index in [-0.39, 0.29) is 23.8 Å². The lowest BCUT2D eigenvalue weighted by atomic mass is 9.82. The Bertz CT molecular complexity index is 807. The topological polar surface area (TPSA) is 58.6 Å². The van der Waals surface area contributed by atoms with Gasteiger partial charge in [-0.1, -0.05) is 54.6 Å². The number of aryl methyl sites for hydroxylation is 1. The van der Waals surface area contributed by atoms with E-state index in [9.17, 15) is 9.59 Å². The second kappa shape index (κ2) is 9.51. The number of ether oxygens (including phenoxy) is 1. The summed E-state index contributed by atoms with van der Waals surface area (Å²) in [4.78, 5) is 27.6. The van der Waals surface area contributed by atoms with Crippen molar-refractivity contribution in [2.24, 2.45) is 5.92 Å². The van der Waals surface area contributed by atoms with E-state index in [1.807, 2.05) is 66.4 Å². The summed E-state index contributed by atoms with van der Waals surface area (Å²) in [6, 6.07) is 17.6. The third kappa shape index (κ3) is 4.60. The van der Waals surface area contributed by atoms with Gasteiger partial charge in [-0.15, -0.1) is 0 Å². The van der Waals surface area contributed by atoms with E-state index in [0.29, 0.717) is 32.5 Å². The predicted molar refractivity (Wildman–Crippen MR) is 109 cm³/mol. The monoisotopic (exact) mass is 380 g/mol. The Morgan fingerprint density at radius 3 is 2.57 bits per heavy atom. The van der Waals surface area contributed by atoms with Gasteiger partial charge in [0.1, 0.15) is 0 Å². The van der Waals surface area contributed by atoms with Crippen molar-refractivity contribution in [1.82, 2.24) is 10.2 Å². The molecular formula is C23H28N2O3. The number of amides is 2. The molecule has 0 saturated carbocycles. The maximum Gasteiger partial charge on any atom is 0.225 e. The molecule has 0 aromatic heterocycles. The molecule has 1 N–H and O–H groups in total. The summed E-state index contributed by atoms with van der Waals surface area (Å²) >= 11 is 0. The standard InChI is InChI=1S/C23H28N2O3/c1-17-8-6-7-11-19(17)22-20(12-13-21(26)25(22)14-15-28-2)23(27)24-16-18-9-4-3-5-10-18/h3-11,20,22H,12-16H2,1-2H3,(H,24,27)/t20-,22+/m1/s1. The number of carbonyl (C=O) groups is 2. The molecule has 2 amide bonds. The molecule has 1 aliphatic heterocycles. The van der Waals surface area contributed by atoms with Gasteiger partial charge >= 0.3 is 0 Å². The number of hydrogen-bond acceptors (Lipinski definition) is 3. The Hall–Kier alpha value is -2.66. The summed E-state index contributed by atoms with van der Waals surface area (Å²) < 4.78 is 5.21. The van der Waals surface area contributed by atoms with Gasteiger partial charge < -0.3 is 15.0 Å². The minimum atomic E-state index is -0.278. The van der Waals surface area contributed by atoms with Crippen LogP contribution in [-0.4, -0.2) is 37.0 Å². The first kappa shape index (κ1) is 20.1. The smallest absolute Gasteiger partial charge is 0.225 e. The molecule has 5 heteroatoms. The Labute approximate surface area is 166 Å². The maximum absolute atomic E-state index is 13.1.